The molecule has 3 aromatic heterocycles. The van der Waals surface area contributed by atoms with Crippen LogP contribution in [0.4, 0.5) is 17.5 Å². The molecule has 6 rings (SSSR count). The summed E-state index contributed by atoms with van der Waals surface area (Å²) in [5.74, 6) is 2.37. The van der Waals surface area contributed by atoms with Gasteiger partial charge in [-0.05, 0) is 31.0 Å². The van der Waals surface area contributed by atoms with E-state index in [0.29, 0.717) is 59.4 Å². The quantitative estimate of drug-likeness (QED) is 0.342. The lowest BCUT2D eigenvalue weighted by Crippen LogP contribution is -2.20. The molecular weight excluding hydrogens is 456 g/mol. The van der Waals surface area contributed by atoms with Crippen molar-refractivity contribution in [3.63, 3.8) is 0 Å². The summed E-state index contributed by atoms with van der Waals surface area (Å²) in [6.07, 6.45) is 10.5. The number of fused-ring (bicyclic) bond motifs is 2. The number of ether oxygens (including phenoxy) is 2. The Bertz CT molecular complexity index is 1440. The molecule has 1 aromatic carbocycles. The number of nitrogens with zero attached hydrogens (tertiary/aromatic N) is 5. The van der Waals surface area contributed by atoms with Gasteiger partial charge in [0.1, 0.15) is 30.7 Å². The van der Waals surface area contributed by atoms with Gasteiger partial charge in [0.05, 0.1) is 22.3 Å². The fourth-order valence-electron chi connectivity index (χ4n) is 5.09. The van der Waals surface area contributed by atoms with Crippen LogP contribution in [0.5, 0.6) is 11.5 Å². The van der Waals surface area contributed by atoms with Gasteiger partial charge in [-0.1, -0.05) is 25.7 Å². The Kier molecular flexibility index (Phi) is 5.81. The van der Waals surface area contributed by atoms with E-state index in [-0.39, 0.29) is 0 Å². The smallest absolute Gasteiger partial charge is 0.231 e. The van der Waals surface area contributed by atoms with Crippen molar-refractivity contribution in [3.8, 4) is 28.8 Å². The molecule has 0 unspecified atom stereocenters. The highest BCUT2D eigenvalue weighted by molar-refractivity contribution is 5.94. The molecule has 2 aliphatic rings. The molecule has 4 heterocycles. The number of benzene rings is 1. The number of aromatic nitrogens is 5. The first-order chi connectivity index (χ1) is 17.7. The molecule has 1 aliphatic carbocycles. The van der Waals surface area contributed by atoms with Crippen molar-refractivity contribution in [2.45, 2.75) is 44.6 Å². The Labute approximate surface area is 208 Å². The molecule has 1 saturated carbocycles. The van der Waals surface area contributed by atoms with Crippen LogP contribution in [0.25, 0.3) is 22.3 Å². The van der Waals surface area contributed by atoms with Gasteiger partial charge in [-0.25, -0.2) is 0 Å². The lowest BCUT2D eigenvalue weighted by atomic mass is 10.1. The summed E-state index contributed by atoms with van der Waals surface area (Å²) in [6.45, 7) is 0.922. The van der Waals surface area contributed by atoms with Crippen molar-refractivity contribution < 1.29 is 9.47 Å². The Balaban J connectivity index is 1.38. The molecule has 10 nitrogen and oxygen atoms in total. The number of aryl methyl sites for hydroxylation is 1. The van der Waals surface area contributed by atoms with Crippen molar-refractivity contribution in [1.29, 1.82) is 5.26 Å². The molecule has 0 radical (unpaired) electrons. The summed E-state index contributed by atoms with van der Waals surface area (Å²) in [6, 6.07) is 8.45. The zero-order chi connectivity index (χ0) is 24.5. The molecule has 0 amide bonds. The molecule has 36 heavy (non-hydrogen) atoms. The normalized spacial score (nSPS) is 15.9. The Morgan fingerprint density at radius 1 is 1.06 bits per heavy atom. The van der Waals surface area contributed by atoms with E-state index in [0.717, 1.165) is 29.5 Å². The highest BCUT2D eigenvalue weighted by Gasteiger charge is 2.24. The van der Waals surface area contributed by atoms with Gasteiger partial charge in [-0.3, -0.25) is 4.68 Å². The first kappa shape index (κ1) is 22.2. The molecule has 184 valence electrons. The standard InChI is InChI=1S/C26H28N8O2/c1-34-20(10-11-29-34)18-8-9-19(23-22(18)35-12-13-36-23)31-26-32-24-21(16(14-27)15-28-24)25(33-26)30-17-6-4-2-3-5-7-17/h8-11,15,17H,2-7,12-13H2,1H3,(H3,28,30,31,32,33). The second-order valence-electron chi connectivity index (χ2n) is 9.25. The van der Waals surface area contributed by atoms with Crippen LogP contribution in [-0.2, 0) is 7.05 Å². The maximum atomic E-state index is 9.66. The third-order valence-electron chi connectivity index (χ3n) is 6.88. The van der Waals surface area contributed by atoms with Gasteiger partial charge < -0.3 is 25.1 Å². The number of nitrogens with one attached hydrogen (secondary N) is 3. The summed E-state index contributed by atoms with van der Waals surface area (Å²) in [5, 5.41) is 21.6. The number of rotatable bonds is 5. The first-order valence-electron chi connectivity index (χ1n) is 12.4. The van der Waals surface area contributed by atoms with E-state index in [9.17, 15) is 5.26 Å². The molecule has 4 aromatic rings. The summed E-state index contributed by atoms with van der Waals surface area (Å²) in [4.78, 5) is 12.6. The van der Waals surface area contributed by atoms with Crippen molar-refractivity contribution in [2.24, 2.45) is 7.05 Å². The molecule has 0 bridgehead atoms. The minimum atomic E-state index is 0.322. The minimum absolute atomic E-state index is 0.322. The Hall–Kier alpha value is -4.26. The van der Waals surface area contributed by atoms with Crippen LogP contribution in [0.2, 0.25) is 0 Å². The van der Waals surface area contributed by atoms with Crippen LogP contribution in [0, 0.1) is 11.3 Å². The fourth-order valence-corrected chi connectivity index (χ4v) is 5.09. The van der Waals surface area contributed by atoms with Gasteiger partial charge in [0, 0.05) is 31.0 Å². The number of hydrogen-bond donors (Lipinski definition) is 3. The predicted molar refractivity (Wildman–Crippen MR) is 137 cm³/mol. The van der Waals surface area contributed by atoms with E-state index >= 15 is 0 Å². The van der Waals surface area contributed by atoms with E-state index < -0.39 is 0 Å². The second kappa shape index (κ2) is 9.41. The molecule has 0 saturated heterocycles. The van der Waals surface area contributed by atoms with E-state index in [4.69, 9.17) is 14.5 Å². The summed E-state index contributed by atoms with van der Waals surface area (Å²) in [7, 11) is 1.90. The minimum Gasteiger partial charge on any atom is -0.485 e. The topological polar surface area (TPSA) is 126 Å². The van der Waals surface area contributed by atoms with Gasteiger partial charge in [-0.15, -0.1) is 0 Å². The molecule has 3 N–H and O–H groups in total. The number of anilines is 3. The predicted octanol–water partition coefficient (Wildman–Crippen LogP) is 4.88. The first-order valence-corrected chi connectivity index (χ1v) is 12.4. The highest BCUT2D eigenvalue weighted by Crippen LogP contribution is 2.45. The van der Waals surface area contributed by atoms with Crippen LogP contribution in [-0.4, -0.2) is 44.0 Å². The SMILES string of the molecule is Cn1nccc1-c1ccc(Nc2nc(NC3CCCCCC3)c3c(C#N)c[nH]c3n2)c2c1OCCO2. The molecular formula is C26H28N8O2. The molecule has 0 spiro atoms. The van der Waals surface area contributed by atoms with Crippen LogP contribution >= 0.6 is 0 Å². The third-order valence-corrected chi connectivity index (χ3v) is 6.88. The monoisotopic (exact) mass is 484 g/mol. The van der Waals surface area contributed by atoms with Gasteiger partial charge in [0.2, 0.25) is 5.95 Å². The van der Waals surface area contributed by atoms with Crippen molar-refractivity contribution in [2.75, 3.05) is 23.8 Å². The average Bonchev–Trinajstić information content (AvgIpc) is 3.42. The summed E-state index contributed by atoms with van der Waals surface area (Å²) < 4.78 is 13.9. The van der Waals surface area contributed by atoms with Gasteiger partial charge in [0.15, 0.2) is 11.5 Å². The molecule has 1 aliphatic heterocycles. The average molecular weight is 485 g/mol. The number of nitriles is 1. The maximum absolute atomic E-state index is 9.66. The number of H-pyrrole nitrogens is 1. The molecule has 10 heteroatoms. The number of aromatic amines is 1. The molecule has 0 atom stereocenters. The largest absolute Gasteiger partial charge is 0.485 e. The summed E-state index contributed by atoms with van der Waals surface area (Å²) >= 11 is 0. The lowest BCUT2D eigenvalue weighted by molar-refractivity contribution is 0.173. The van der Waals surface area contributed by atoms with Crippen LogP contribution < -0.4 is 20.1 Å². The van der Waals surface area contributed by atoms with Crippen LogP contribution in [0.3, 0.4) is 0 Å². The Morgan fingerprint density at radius 2 is 1.86 bits per heavy atom. The van der Waals surface area contributed by atoms with E-state index in [2.05, 4.69) is 31.8 Å². The van der Waals surface area contributed by atoms with E-state index in [1.54, 1.807) is 17.1 Å². The summed E-state index contributed by atoms with van der Waals surface area (Å²) in [5.41, 5.74) is 3.69. The van der Waals surface area contributed by atoms with Crippen molar-refractivity contribution in [3.05, 3.63) is 36.2 Å². The van der Waals surface area contributed by atoms with Crippen molar-refractivity contribution >= 4 is 28.5 Å². The van der Waals surface area contributed by atoms with Crippen LogP contribution in [0.1, 0.15) is 44.1 Å². The lowest BCUT2D eigenvalue weighted by Gasteiger charge is -2.24. The highest BCUT2D eigenvalue weighted by atomic mass is 16.6. The Morgan fingerprint density at radius 3 is 2.61 bits per heavy atom. The van der Waals surface area contributed by atoms with Gasteiger partial charge >= 0.3 is 0 Å². The van der Waals surface area contributed by atoms with Crippen molar-refractivity contribution in [1.82, 2.24) is 24.7 Å². The number of hydrogen-bond acceptors (Lipinski definition) is 8. The van der Waals surface area contributed by atoms with Crippen LogP contribution in [0.15, 0.2) is 30.6 Å². The second-order valence-corrected chi connectivity index (χ2v) is 9.25. The zero-order valence-electron chi connectivity index (χ0n) is 20.2. The third kappa shape index (κ3) is 4.06. The molecule has 1 fully saturated rings. The fraction of sp³-hybridized carbons (Fsp3) is 0.385. The maximum Gasteiger partial charge on any atom is 0.231 e. The van der Waals surface area contributed by atoms with E-state index in [1.807, 2.05) is 25.2 Å². The van der Waals surface area contributed by atoms with Gasteiger partial charge in [-0.2, -0.15) is 20.3 Å². The zero-order valence-corrected chi connectivity index (χ0v) is 20.2. The van der Waals surface area contributed by atoms with Gasteiger partial charge in [0.25, 0.3) is 0 Å². The van der Waals surface area contributed by atoms with E-state index in [1.165, 1.54) is 25.7 Å².